The summed E-state index contributed by atoms with van der Waals surface area (Å²) in [6.45, 7) is 2.97. The zero-order chi connectivity index (χ0) is 15.7. The third-order valence-electron chi connectivity index (χ3n) is 3.15. The molecule has 0 radical (unpaired) electrons. The van der Waals surface area contributed by atoms with E-state index in [4.69, 9.17) is 17.3 Å². The minimum absolute atomic E-state index is 0.0527. The van der Waals surface area contributed by atoms with Crippen LogP contribution in [-0.4, -0.2) is 13.1 Å². The molecule has 20 heavy (non-hydrogen) atoms. The maximum absolute atomic E-state index is 12.7. The summed E-state index contributed by atoms with van der Waals surface area (Å²) in [7, 11) is 1.19. The molecule has 0 aliphatic rings. The largest absolute Gasteiger partial charge is 0.469 e. The highest BCUT2D eigenvalue weighted by Gasteiger charge is 2.39. The average Bonchev–Trinajstić information content (AvgIpc) is 2.35. The van der Waals surface area contributed by atoms with E-state index in [9.17, 15) is 18.0 Å². The van der Waals surface area contributed by atoms with Gasteiger partial charge in [0.1, 0.15) is 0 Å². The molecule has 0 saturated carbocycles. The molecule has 0 spiro atoms. The molecule has 2 N–H and O–H groups in total. The third-order valence-corrected chi connectivity index (χ3v) is 3.49. The van der Waals surface area contributed by atoms with Gasteiger partial charge in [-0.05, 0) is 37.6 Å². The molecule has 3 nitrogen and oxygen atoms in total. The second-order valence-corrected chi connectivity index (χ2v) is 5.33. The summed E-state index contributed by atoms with van der Waals surface area (Å²) in [5, 5.41) is 0.0717. The number of ether oxygens (including phenoxy) is 1. The summed E-state index contributed by atoms with van der Waals surface area (Å²) in [6.07, 6.45) is -4.51. The molecule has 1 rings (SSSR count). The first-order valence-corrected chi connectivity index (χ1v) is 6.10. The fraction of sp³-hybridized carbons (Fsp3) is 0.462. The van der Waals surface area contributed by atoms with Gasteiger partial charge in [0, 0.05) is 11.1 Å². The Morgan fingerprint density at radius 1 is 1.35 bits per heavy atom. The lowest BCUT2D eigenvalue weighted by Gasteiger charge is -2.29. The minimum atomic E-state index is -4.51. The number of esters is 1. The van der Waals surface area contributed by atoms with Gasteiger partial charge in [0.25, 0.3) is 0 Å². The van der Waals surface area contributed by atoms with Gasteiger partial charge in [-0.25, -0.2) is 0 Å². The molecule has 112 valence electrons. The van der Waals surface area contributed by atoms with Crippen molar-refractivity contribution in [1.29, 1.82) is 0 Å². The smallest absolute Gasteiger partial charge is 0.416 e. The number of carbonyl (C=O) groups excluding carboxylic acids is 1. The van der Waals surface area contributed by atoms with E-state index in [-0.39, 0.29) is 10.6 Å². The number of benzene rings is 1. The molecule has 0 aliphatic carbocycles. The van der Waals surface area contributed by atoms with E-state index in [0.717, 1.165) is 18.2 Å². The topological polar surface area (TPSA) is 52.3 Å². The zero-order valence-corrected chi connectivity index (χ0v) is 12.0. The van der Waals surface area contributed by atoms with Gasteiger partial charge in [-0.3, -0.25) is 4.79 Å². The first-order valence-electron chi connectivity index (χ1n) is 5.72. The lowest BCUT2D eigenvalue weighted by Crippen LogP contribution is -2.37. The van der Waals surface area contributed by atoms with Crippen LogP contribution in [0.25, 0.3) is 0 Å². The number of rotatable bonds is 3. The molecular weight excluding hydrogens is 295 g/mol. The number of alkyl halides is 3. The van der Waals surface area contributed by atoms with Crippen molar-refractivity contribution in [3.8, 4) is 0 Å². The average molecular weight is 310 g/mol. The first kappa shape index (κ1) is 16.8. The number of methoxy groups -OCH3 is 1. The molecule has 1 atom stereocenters. The summed E-state index contributed by atoms with van der Waals surface area (Å²) in [5.74, 6) is -0.626. The van der Waals surface area contributed by atoms with Gasteiger partial charge in [-0.15, -0.1) is 0 Å². The quantitative estimate of drug-likeness (QED) is 0.869. The number of carbonyl (C=O) groups is 1. The van der Waals surface area contributed by atoms with Crippen LogP contribution in [0, 0.1) is 5.41 Å². The summed E-state index contributed by atoms with van der Waals surface area (Å²) < 4.78 is 42.7. The fourth-order valence-corrected chi connectivity index (χ4v) is 1.97. The van der Waals surface area contributed by atoms with Crippen LogP contribution in [0.5, 0.6) is 0 Å². The van der Waals surface area contributed by atoms with E-state index in [2.05, 4.69) is 4.74 Å². The van der Waals surface area contributed by atoms with Crippen LogP contribution >= 0.6 is 11.6 Å². The predicted octanol–water partition coefficient (Wildman–Crippen LogP) is 3.56. The molecule has 0 saturated heterocycles. The van der Waals surface area contributed by atoms with E-state index in [1.165, 1.54) is 21.0 Å². The fourth-order valence-electron chi connectivity index (χ4n) is 1.74. The van der Waals surface area contributed by atoms with Crippen molar-refractivity contribution in [3.63, 3.8) is 0 Å². The standard InChI is InChI=1S/C13H15ClF3NO2/c1-12(2,11(19)20-3)10(18)8-6-7(13(15,16)17)4-5-9(8)14/h4-6,10H,18H2,1-3H3/t10-/m1/s1. The van der Waals surface area contributed by atoms with Gasteiger partial charge in [-0.2, -0.15) is 13.2 Å². The van der Waals surface area contributed by atoms with Crippen molar-refractivity contribution in [3.05, 3.63) is 34.3 Å². The van der Waals surface area contributed by atoms with Crippen LogP contribution in [0.2, 0.25) is 5.02 Å². The highest BCUT2D eigenvalue weighted by Crippen LogP contribution is 2.39. The van der Waals surface area contributed by atoms with Gasteiger partial charge in [0.15, 0.2) is 0 Å². The predicted molar refractivity (Wildman–Crippen MR) is 69.2 cm³/mol. The molecule has 0 heterocycles. The molecule has 0 bridgehead atoms. The molecule has 0 unspecified atom stereocenters. The van der Waals surface area contributed by atoms with Crippen LogP contribution in [-0.2, 0) is 15.7 Å². The Balaban J connectivity index is 3.29. The molecule has 0 amide bonds. The van der Waals surface area contributed by atoms with Gasteiger partial charge < -0.3 is 10.5 Å². The van der Waals surface area contributed by atoms with Crippen LogP contribution < -0.4 is 5.73 Å². The molecule has 0 aromatic heterocycles. The zero-order valence-electron chi connectivity index (χ0n) is 11.2. The third kappa shape index (κ3) is 3.24. The van der Waals surface area contributed by atoms with Crippen molar-refractivity contribution < 1.29 is 22.7 Å². The molecule has 1 aromatic carbocycles. The Kier molecular flexibility index (Phi) is 4.71. The molecule has 7 heteroatoms. The Labute approximate surface area is 119 Å². The van der Waals surface area contributed by atoms with Crippen LogP contribution in [0.15, 0.2) is 18.2 Å². The van der Waals surface area contributed by atoms with Crippen molar-refractivity contribution >= 4 is 17.6 Å². The Morgan fingerprint density at radius 2 is 1.90 bits per heavy atom. The summed E-state index contributed by atoms with van der Waals surface area (Å²) in [4.78, 5) is 11.7. The minimum Gasteiger partial charge on any atom is -0.469 e. The lowest BCUT2D eigenvalue weighted by atomic mass is 9.80. The highest BCUT2D eigenvalue weighted by atomic mass is 35.5. The maximum Gasteiger partial charge on any atom is 0.416 e. The van der Waals surface area contributed by atoms with E-state index in [1.807, 2.05) is 0 Å². The van der Waals surface area contributed by atoms with Crippen molar-refractivity contribution in [1.82, 2.24) is 0 Å². The molecule has 1 aromatic rings. The van der Waals surface area contributed by atoms with Gasteiger partial charge >= 0.3 is 12.1 Å². The van der Waals surface area contributed by atoms with Crippen LogP contribution in [0.3, 0.4) is 0 Å². The molecule has 0 aliphatic heterocycles. The molecule has 0 fully saturated rings. The van der Waals surface area contributed by atoms with Crippen molar-refractivity contribution in [2.75, 3.05) is 7.11 Å². The van der Waals surface area contributed by atoms with E-state index >= 15 is 0 Å². The molecular formula is C13H15ClF3NO2. The van der Waals surface area contributed by atoms with Crippen LogP contribution in [0.1, 0.15) is 31.0 Å². The number of nitrogens with two attached hydrogens (primary N) is 1. The Hall–Kier alpha value is -1.27. The summed E-state index contributed by atoms with van der Waals surface area (Å²) in [5.41, 5.74) is 3.89. The number of hydrogen-bond donors (Lipinski definition) is 1. The Morgan fingerprint density at radius 3 is 2.35 bits per heavy atom. The lowest BCUT2D eigenvalue weighted by molar-refractivity contribution is -0.152. The van der Waals surface area contributed by atoms with Crippen LogP contribution in [0.4, 0.5) is 13.2 Å². The summed E-state index contributed by atoms with van der Waals surface area (Å²) in [6, 6.07) is 1.82. The second kappa shape index (κ2) is 5.61. The maximum atomic E-state index is 12.7. The second-order valence-electron chi connectivity index (χ2n) is 4.92. The van der Waals surface area contributed by atoms with E-state index < -0.39 is 29.2 Å². The van der Waals surface area contributed by atoms with Gasteiger partial charge in [0.2, 0.25) is 0 Å². The van der Waals surface area contributed by atoms with E-state index in [0.29, 0.717) is 0 Å². The SMILES string of the molecule is COC(=O)C(C)(C)[C@H](N)c1cc(C(F)(F)F)ccc1Cl. The Bertz CT molecular complexity index is 515. The first-order chi connectivity index (χ1) is 9.01. The van der Waals surface area contributed by atoms with Gasteiger partial charge in [-0.1, -0.05) is 11.6 Å². The van der Waals surface area contributed by atoms with Gasteiger partial charge in [0.05, 0.1) is 18.1 Å². The van der Waals surface area contributed by atoms with Crippen molar-refractivity contribution in [2.45, 2.75) is 26.1 Å². The van der Waals surface area contributed by atoms with E-state index in [1.54, 1.807) is 0 Å². The normalized spacial score (nSPS) is 14.0. The number of hydrogen-bond acceptors (Lipinski definition) is 3. The van der Waals surface area contributed by atoms with Crippen molar-refractivity contribution in [2.24, 2.45) is 11.1 Å². The monoisotopic (exact) mass is 309 g/mol. The number of halogens is 4. The highest BCUT2D eigenvalue weighted by molar-refractivity contribution is 6.31. The summed E-state index contributed by atoms with van der Waals surface area (Å²) >= 11 is 5.90.